The molecule has 2 aromatic carbocycles. The van der Waals surface area contributed by atoms with Crippen LogP contribution in [0.15, 0.2) is 36.4 Å². The van der Waals surface area contributed by atoms with Gasteiger partial charge in [-0.3, -0.25) is 0 Å². The fourth-order valence-corrected chi connectivity index (χ4v) is 2.58. The molecule has 0 saturated heterocycles. The van der Waals surface area contributed by atoms with E-state index in [0.29, 0.717) is 0 Å². The molecule has 0 spiro atoms. The van der Waals surface area contributed by atoms with Gasteiger partial charge in [-0.15, -0.1) is 0 Å². The monoisotopic (exact) mass is 257 g/mol. The molecular formula is C17H20FN. The Morgan fingerprint density at radius 3 is 2.26 bits per heavy atom. The number of nitrogens with one attached hydrogen (secondary N) is 1. The molecule has 19 heavy (non-hydrogen) atoms. The van der Waals surface area contributed by atoms with Crippen molar-refractivity contribution in [3.63, 3.8) is 0 Å². The molecular weight excluding hydrogens is 237 g/mol. The summed E-state index contributed by atoms with van der Waals surface area (Å²) in [7, 11) is 1.91. The minimum atomic E-state index is -0.181. The Kier molecular flexibility index (Phi) is 4.01. The molecule has 0 amide bonds. The normalized spacial score (nSPS) is 12.5. The van der Waals surface area contributed by atoms with E-state index in [0.717, 1.165) is 11.1 Å². The Morgan fingerprint density at radius 1 is 0.947 bits per heavy atom. The number of rotatable bonds is 3. The van der Waals surface area contributed by atoms with Crippen LogP contribution in [0.3, 0.4) is 0 Å². The zero-order valence-electron chi connectivity index (χ0n) is 11.9. The van der Waals surface area contributed by atoms with Crippen LogP contribution in [0.5, 0.6) is 0 Å². The van der Waals surface area contributed by atoms with Crippen molar-refractivity contribution in [2.24, 2.45) is 0 Å². The Bertz CT molecular complexity index is 570. The van der Waals surface area contributed by atoms with Crippen molar-refractivity contribution in [3.8, 4) is 0 Å². The lowest BCUT2D eigenvalue weighted by molar-refractivity contribution is 0.614. The summed E-state index contributed by atoms with van der Waals surface area (Å²) < 4.78 is 13.6. The van der Waals surface area contributed by atoms with Crippen LogP contribution in [0.4, 0.5) is 4.39 Å². The van der Waals surface area contributed by atoms with Crippen LogP contribution >= 0.6 is 0 Å². The Balaban J connectivity index is 2.49. The maximum atomic E-state index is 13.6. The smallest absolute Gasteiger partial charge is 0.123 e. The predicted octanol–water partition coefficient (Wildman–Crippen LogP) is 4.06. The van der Waals surface area contributed by atoms with Crippen molar-refractivity contribution < 1.29 is 4.39 Å². The minimum absolute atomic E-state index is 0.0231. The molecule has 1 N–H and O–H groups in total. The highest BCUT2D eigenvalue weighted by Gasteiger charge is 2.15. The van der Waals surface area contributed by atoms with E-state index in [4.69, 9.17) is 0 Å². The minimum Gasteiger partial charge on any atom is -0.309 e. The first-order chi connectivity index (χ1) is 9.01. The van der Waals surface area contributed by atoms with E-state index >= 15 is 0 Å². The van der Waals surface area contributed by atoms with Crippen LogP contribution in [-0.4, -0.2) is 7.05 Å². The first-order valence-electron chi connectivity index (χ1n) is 6.53. The molecule has 100 valence electrons. The van der Waals surface area contributed by atoms with Gasteiger partial charge >= 0.3 is 0 Å². The highest BCUT2D eigenvalue weighted by molar-refractivity contribution is 5.40. The number of hydrogen-bond acceptors (Lipinski definition) is 1. The second kappa shape index (κ2) is 5.54. The fraction of sp³-hybridized carbons (Fsp3) is 0.294. The van der Waals surface area contributed by atoms with Gasteiger partial charge in [-0.1, -0.05) is 29.8 Å². The second-order valence-electron chi connectivity index (χ2n) is 5.14. The standard InChI is InChI=1S/C17H20FN/c1-11-5-6-16(13(3)7-11)17(19-4)14-8-12(2)9-15(18)10-14/h5-10,17,19H,1-4H3. The average molecular weight is 257 g/mol. The number of benzene rings is 2. The molecule has 0 aliphatic rings. The average Bonchev–Trinajstić information content (AvgIpc) is 2.31. The third-order valence-electron chi connectivity index (χ3n) is 3.42. The van der Waals surface area contributed by atoms with Crippen LogP contribution in [0.2, 0.25) is 0 Å². The Hall–Kier alpha value is -1.67. The maximum absolute atomic E-state index is 13.6. The van der Waals surface area contributed by atoms with Gasteiger partial charge in [0.1, 0.15) is 5.82 Å². The summed E-state index contributed by atoms with van der Waals surface area (Å²) in [5.74, 6) is -0.181. The Morgan fingerprint density at radius 2 is 1.68 bits per heavy atom. The molecule has 0 aliphatic carbocycles. The Labute approximate surface area is 114 Å². The van der Waals surface area contributed by atoms with Gasteiger partial charge in [0, 0.05) is 0 Å². The number of aryl methyl sites for hydroxylation is 3. The zero-order valence-corrected chi connectivity index (χ0v) is 11.9. The van der Waals surface area contributed by atoms with Gasteiger partial charge in [-0.25, -0.2) is 4.39 Å². The second-order valence-corrected chi connectivity index (χ2v) is 5.14. The molecule has 0 saturated carbocycles. The van der Waals surface area contributed by atoms with Gasteiger partial charge in [0.2, 0.25) is 0 Å². The summed E-state index contributed by atoms with van der Waals surface area (Å²) in [5, 5.41) is 3.28. The lowest BCUT2D eigenvalue weighted by Gasteiger charge is -2.20. The molecule has 1 atom stereocenters. The summed E-state index contributed by atoms with van der Waals surface area (Å²) >= 11 is 0. The van der Waals surface area contributed by atoms with Gasteiger partial charge in [-0.2, -0.15) is 0 Å². The topological polar surface area (TPSA) is 12.0 Å². The van der Waals surface area contributed by atoms with Gasteiger partial charge in [-0.05, 0) is 62.2 Å². The van der Waals surface area contributed by atoms with E-state index in [1.165, 1.54) is 16.7 Å². The lowest BCUT2D eigenvalue weighted by atomic mass is 9.93. The van der Waals surface area contributed by atoms with E-state index in [1.807, 2.05) is 20.0 Å². The highest BCUT2D eigenvalue weighted by Crippen LogP contribution is 2.26. The zero-order chi connectivity index (χ0) is 14.0. The molecule has 2 heteroatoms. The van der Waals surface area contributed by atoms with Crippen molar-refractivity contribution in [1.82, 2.24) is 5.32 Å². The van der Waals surface area contributed by atoms with E-state index in [9.17, 15) is 4.39 Å². The van der Waals surface area contributed by atoms with Gasteiger partial charge in [0.25, 0.3) is 0 Å². The molecule has 1 unspecified atom stereocenters. The van der Waals surface area contributed by atoms with Crippen LogP contribution in [0.25, 0.3) is 0 Å². The van der Waals surface area contributed by atoms with E-state index < -0.39 is 0 Å². The van der Waals surface area contributed by atoms with Crippen molar-refractivity contribution in [1.29, 1.82) is 0 Å². The molecule has 0 heterocycles. The first-order valence-corrected chi connectivity index (χ1v) is 6.53. The molecule has 1 nitrogen and oxygen atoms in total. The van der Waals surface area contributed by atoms with Gasteiger partial charge in [0.05, 0.1) is 6.04 Å². The molecule has 0 bridgehead atoms. The van der Waals surface area contributed by atoms with Crippen molar-refractivity contribution in [2.45, 2.75) is 26.8 Å². The summed E-state index contributed by atoms with van der Waals surface area (Å²) in [6.45, 7) is 6.09. The molecule has 0 aromatic heterocycles. The van der Waals surface area contributed by atoms with Crippen LogP contribution in [0.1, 0.15) is 33.9 Å². The maximum Gasteiger partial charge on any atom is 0.123 e. The largest absolute Gasteiger partial charge is 0.309 e. The van der Waals surface area contributed by atoms with Crippen molar-refractivity contribution in [3.05, 3.63) is 70.0 Å². The van der Waals surface area contributed by atoms with Crippen LogP contribution < -0.4 is 5.32 Å². The number of hydrogen-bond donors (Lipinski definition) is 1. The lowest BCUT2D eigenvalue weighted by Crippen LogP contribution is -2.19. The SMILES string of the molecule is CNC(c1cc(C)cc(F)c1)c1ccc(C)cc1C. The molecule has 2 rings (SSSR count). The summed E-state index contributed by atoms with van der Waals surface area (Å²) in [5.41, 5.74) is 5.57. The molecule has 0 radical (unpaired) electrons. The summed E-state index contributed by atoms with van der Waals surface area (Å²) in [6.07, 6.45) is 0. The summed E-state index contributed by atoms with van der Waals surface area (Å²) in [6, 6.07) is 11.6. The predicted molar refractivity (Wildman–Crippen MR) is 78.0 cm³/mol. The quantitative estimate of drug-likeness (QED) is 0.874. The third-order valence-corrected chi connectivity index (χ3v) is 3.42. The molecule has 2 aromatic rings. The first kappa shape index (κ1) is 13.8. The van der Waals surface area contributed by atoms with E-state index in [1.54, 1.807) is 12.1 Å². The van der Waals surface area contributed by atoms with Crippen molar-refractivity contribution >= 4 is 0 Å². The molecule has 0 aliphatic heterocycles. The van der Waals surface area contributed by atoms with Gasteiger partial charge in [0.15, 0.2) is 0 Å². The molecule has 0 fully saturated rings. The fourth-order valence-electron chi connectivity index (χ4n) is 2.58. The highest BCUT2D eigenvalue weighted by atomic mass is 19.1. The van der Waals surface area contributed by atoms with Gasteiger partial charge < -0.3 is 5.32 Å². The van der Waals surface area contributed by atoms with E-state index in [2.05, 4.69) is 37.4 Å². The van der Waals surface area contributed by atoms with Crippen LogP contribution in [-0.2, 0) is 0 Å². The third kappa shape index (κ3) is 3.02. The van der Waals surface area contributed by atoms with E-state index in [-0.39, 0.29) is 11.9 Å². The number of halogens is 1. The van der Waals surface area contributed by atoms with Crippen LogP contribution in [0, 0.1) is 26.6 Å². The summed E-state index contributed by atoms with van der Waals surface area (Å²) in [4.78, 5) is 0. The van der Waals surface area contributed by atoms with Crippen molar-refractivity contribution in [2.75, 3.05) is 7.05 Å².